The maximum atomic E-state index is 12.4. The average Bonchev–Trinajstić information content (AvgIpc) is 2.84. The van der Waals surface area contributed by atoms with Crippen LogP contribution in [0.5, 0.6) is 0 Å². The van der Waals surface area contributed by atoms with E-state index in [2.05, 4.69) is 15.0 Å². The molecule has 0 saturated carbocycles. The molecule has 22 heavy (non-hydrogen) atoms. The Kier molecular flexibility index (Phi) is 6.55. The highest BCUT2D eigenvalue weighted by molar-refractivity contribution is 5.93. The van der Waals surface area contributed by atoms with Crippen LogP contribution in [-0.4, -0.2) is 60.5 Å². The first-order valence-corrected chi connectivity index (χ1v) is 7.30. The molecule has 0 radical (unpaired) electrons. The van der Waals surface area contributed by atoms with E-state index in [0.717, 1.165) is 0 Å². The van der Waals surface area contributed by atoms with Gasteiger partial charge in [-0.1, -0.05) is 25.9 Å². The van der Waals surface area contributed by atoms with Gasteiger partial charge in [0, 0.05) is 25.6 Å². The Labute approximate surface area is 131 Å². The molecule has 2 amide bonds. The third kappa shape index (κ3) is 7.21. The van der Waals surface area contributed by atoms with E-state index < -0.39 is 0 Å². The second-order valence-electron chi connectivity index (χ2n) is 6.79. The fourth-order valence-electron chi connectivity index (χ4n) is 1.81. The van der Waals surface area contributed by atoms with Gasteiger partial charge in [-0.2, -0.15) is 0 Å². The lowest BCUT2D eigenvalue weighted by Gasteiger charge is -2.27. The van der Waals surface area contributed by atoms with Gasteiger partial charge in [-0.05, 0) is 19.5 Å². The molecular weight excluding hydrogens is 284 g/mol. The molecule has 124 valence electrons. The molecule has 1 aromatic heterocycles. The van der Waals surface area contributed by atoms with Crippen LogP contribution in [0.3, 0.4) is 0 Å². The van der Waals surface area contributed by atoms with Crippen molar-refractivity contribution in [1.29, 1.82) is 0 Å². The summed E-state index contributed by atoms with van der Waals surface area (Å²) < 4.78 is 4.66. The number of hydrogen-bond donors (Lipinski definition) is 1. The lowest BCUT2D eigenvalue weighted by Crippen LogP contribution is -2.42. The third-order valence-electron chi connectivity index (χ3n) is 2.89. The maximum absolute atomic E-state index is 12.4. The first kappa shape index (κ1) is 18.2. The summed E-state index contributed by atoms with van der Waals surface area (Å²) in [5.41, 5.74) is -0.115. The predicted molar refractivity (Wildman–Crippen MR) is 84.3 cm³/mol. The normalized spacial score (nSPS) is 11.5. The van der Waals surface area contributed by atoms with E-state index in [4.69, 9.17) is 0 Å². The molecule has 0 aliphatic rings. The molecule has 0 aliphatic heterocycles. The Morgan fingerprint density at radius 3 is 2.45 bits per heavy atom. The molecular formula is C15H26N4O3. The number of aromatic nitrogens is 1. The van der Waals surface area contributed by atoms with Gasteiger partial charge in [0.2, 0.25) is 11.8 Å². The summed E-state index contributed by atoms with van der Waals surface area (Å²) in [7, 11) is 3.86. The van der Waals surface area contributed by atoms with E-state index in [0.29, 0.717) is 25.3 Å². The smallest absolute Gasteiger partial charge is 0.245 e. The molecule has 1 heterocycles. The van der Waals surface area contributed by atoms with Gasteiger partial charge in [0.25, 0.3) is 0 Å². The van der Waals surface area contributed by atoms with Gasteiger partial charge in [-0.15, -0.1) is 0 Å². The highest BCUT2D eigenvalue weighted by atomic mass is 16.5. The zero-order valence-corrected chi connectivity index (χ0v) is 14.0. The topological polar surface area (TPSA) is 78.7 Å². The molecule has 0 aliphatic carbocycles. The number of nitrogens with zero attached hydrogens (tertiary/aromatic N) is 3. The van der Waals surface area contributed by atoms with E-state index in [1.807, 2.05) is 39.8 Å². The van der Waals surface area contributed by atoms with Gasteiger partial charge in [0.15, 0.2) is 5.82 Å². The first-order valence-electron chi connectivity index (χ1n) is 7.30. The summed E-state index contributed by atoms with van der Waals surface area (Å²) >= 11 is 0. The molecule has 0 saturated heterocycles. The summed E-state index contributed by atoms with van der Waals surface area (Å²) in [5, 5.41) is 6.23. The molecule has 0 aromatic carbocycles. The molecule has 1 aromatic rings. The van der Waals surface area contributed by atoms with Crippen LogP contribution in [0.2, 0.25) is 0 Å². The zero-order chi connectivity index (χ0) is 16.8. The number of amides is 2. The highest BCUT2D eigenvalue weighted by Crippen LogP contribution is 2.19. The summed E-state index contributed by atoms with van der Waals surface area (Å²) in [6, 6.07) is 1.55. The van der Waals surface area contributed by atoms with E-state index >= 15 is 0 Å². The van der Waals surface area contributed by atoms with Gasteiger partial charge >= 0.3 is 0 Å². The molecule has 7 nitrogen and oxygen atoms in total. The van der Waals surface area contributed by atoms with Gasteiger partial charge < -0.3 is 19.6 Å². The monoisotopic (exact) mass is 310 g/mol. The standard InChI is InChI=1S/C15H26N4O3/c1-15(2,3)10-14(21)19(8-7-18(4)5)11-13(20)16-12-6-9-22-17-12/h6,9H,7-8,10-11H2,1-5H3,(H,16,17,20). The zero-order valence-electron chi connectivity index (χ0n) is 14.0. The Morgan fingerprint density at radius 2 is 1.95 bits per heavy atom. The van der Waals surface area contributed by atoms with Crippen molar-refractivity contribution >= 4 is 17.6 Å². The van der Waals surface area contributed by atoms with Crippen molar-refractivity contribution in [2.24, 2.45) is 5.41 Å². The average molecular weight is 310 g/mol. The van der Waals surface area contributed by atoms with Gasteiger partial charge in [0.05, 0.1) is 6.54 Å². The van der Waals surface area contributed by atoms with Crippen molar-refractivity contribution < 1.29 is 14.1 Å². The van der Waals surface area contributed by atoms with E-state index in [1.54, 1.807) is 11.0 Å². The fraction of sp³-hybridized carbons (Fsp3) is 0.667. The molecule has 0 unspecified atom stereocenters. The predicted octanol–water partition coefficient (Wildman–Crippen LogP) is 1.44. The van der Waals surface area contributed by atoms with Crippen LogP contribution in [0.15, 0.2) is 16.9 Å². The van der Waals surface area contributed by atoms with E-state index in [1.165, 1.54) is 6.26 Å². The minimum atomic E-state index is -0.282. The van der Waals surface area contributed by atoms with Gasteiger partial charge in [0.1, 0.15) is 6.26 Å². The Bertz CT molecular complexity index is 477. The molecule has 0 fully saturated rings. The molecule has 7 heteroatoms. The highest BCUT2D eigenvalue weighted by Gasteiger charge is 2.23. The van der Waals surface area contributed by atoms with Gasteiger partial charge in [-0.3, -0.25) is 9.59 Å². The summed E-state index contributed by atoms with van der Waals surface area (Å²) in [6.07, 6.45) is 1.78. The van der Waals surface area contributed by atoms with Crippen molar-refractivity contribution in [2.75, 3.05) is 39.0 Å². The molecule has 1 N–H and O–H groups in total. The molecule has 0 atom stereocenters. The van der Waals surface area contributed by atoms with Crippen molar-refractivity contribution in [3.05, 3.63) is 12.3 Å². The number of carbonyl (C=O) groups is 2. The second kappa shape index (κ2) is 7.93. The number of carbonyl (C=O) groups excluding carboxylic acids is 2. The Morgan fingerprint density at radius 1 is 1.27 bits per heavy atom. The van der Waals surface area contributed by atoms with Crippen LogP contribution in [0.1, 0.15) is 27.2 Å². The number of hydrogen-bond acceptors (Lipinski definition) is 5. The first-order chi connectivity index (χ1) is 10.2. The lowest BCUT2D eigenvalue weighted by atomic mass is 9.91. The van der Waals surface area contributed by atoms with Gasteiger partial charge in [-0.25, -0.2) is 0 Å². The van der Waals surface area contributed by atoms with E-state index in [-0.39, 0.29) is 23.8 Å². The van der Waals surface area contributed by atoms with Crippen molar-refractivity contribution in [3.63, 3.8) is 0 Å². The SMILES string of the molecule is CN(C)CCN(CC(=O)Nc1ccon1)C(=O)CC(C)(C)C. The lowest BCUT2D eigenvalue weighted by molar-refractivity contribution is -0.136. The maximum Gasteiger partial charge on any atom is 0.245 e. The second-order valence-corrected chi connectivity index (χ2v) is 6.79. The number of anilines is 1. The largest absolute Gasteiger partial charge is 0.363 e. The summed E-state index contributed by atoms with van der Waals surface area (Å²) in [5.74, 6) is 0.0420. The van der Waals surface area contributed by atoms with E-state index in [9.17, 15) is 9.59 Å². The fourth-order valence-corrected chi connectivity index (χ4v) is 1.81. The number of likely N-dealkylation sites (N-methyl/N-ethyl adjacent to an activating group) is 1. The molecule has 0 spiro atoms. The molecule has 0 bridgehead atoms. The minimum absolute atomic E-state index is 0.00954. The molecule has 1 rings (SSSR count). The van der Waals surface area contributed by atoms with Crippen LogP contribution in [0, 0.1) is 5.41 Å². The number of rotatable bonds is 7. The van der Waals surface area contributed by atoms with Crippen LogP contribution >= 0.6 is 0 Å². The van der Waals surface area contributed by atoms with Crippen molar-refractivity contribution in [2.45, 2.75) is 27.2 Å². The third-order valence-corrected chi connectivity index (χ3v) is 2.89. The minimum Gasteiger partial charge on any atom is -0.363 e. The van der Waals surface area contributed by atoms with Crippen LogP contribution in [0.25, 0.3) is 0 Å². The summed E-state index contributed by atoms with van der Waals surface area (Å²) in [4.78, 5) is 28.0. The number of nitrogens with one attached hydrogen (secondary N) is 1. The Hall–Kier alpha value is -1.89. The summed E-state index contributed by atoms with van der Waals surface area (Å²) in [6.45, 7) is 7.23. The van der Waals surface area contributed by atoms with Crippen LogP contribution in [-0.2, 0) is 9.59 Å². The van der Waals surface area contributed by atoms with Crippen molar-refractivity contribution in [3.8, 4) is 0 Å². The van der Waals surface area contributed by atoms with Crippen LogP contribution in [0.4, 0.5) is 5.82 Å². The quantitative estimate of drug-likeness (QED) is 0.824. The van der Waals surface area contributed by atoms with Crippen LogP contribution < -0.4 is 5.32 Å². The Balaban J connectivity index is 2.64. The van der Waals surface area contributed by atoms with Crippen molar-refractivity contribution in [1.82, 2.24) is 15.0 Å².